The Kier molecular flexibility index (Phi) is 5.54. The second kappa shape index (κ2) is 8.21. The second-order valence-electron chi connectivity index (χ2n) is 5.85. The molecule has 0 aromatic heterocycles. The van der Waals surface area contributed by atoms with Gasteiger partial charge in [0, 0.05) is 17.1 Å². The Morgan fingerprint density at radius 2 is 1.88 bits per heavy atom. The molecule has 0 saturated carbocycles. The molecule has 4 heteroatoms. The second-order valence-corrected chi connectivity index (χ2v) is 5.85. The number of nitrogens with one attached hydrogen (secondary N) is 1. The Morgan fingerprint density at radius 1 is 1.12 bits per heavy atom. The third-order valence-corrected chi connectivity index (χ3v) is 3.89. The Balaban J connectivity index is 1.69. The van der Waals surface area contributed by atoms with E-state index in [9.17, 15) is 4.79 Å². The largest absolute Gasteiger partial charge is 0.489 e. The van der Waals surface area contributed by atoms with Gasteiger partial charge in [-0.2, -0.15) is 0 Å². The van der Waals surface area contributed by atoms with E-state index in [0.29, 0.717) is 23.8 Å². The third kappa shape index (κ3) is 4.22. The highest BCUT2D eigenvalue weighted by Gasteiger charge is 2.16. The molecule has 0 bridgehead atoms. The van der Waals surface area contributed by atoms with Crippen LogP contribution < -0.4 is 14.8 Å². The summed E-state index contributed by atoms with van der Waals surface area (Å²) in [4.78, 5) is 12.5. The maximum atomic E-state index is 12.5. The first kappa shape index (κ1) is 17.5. The van der Waals surface area contributed by atoms with Gasteiger partial charge in [-0.05, 0) is 30.5 Å². The maximum Gasteiger partial charge on any atom is 0.265 e. The standard InChI is InChI=1S/C22H21NO3/c1-3-14-25-19-11-7-10-18(15-19)23-22(24)16(2)26-21-13-6-9-17-8-4-5-12-20(17)21/h3-13,15-16H,1,14H2,2H3,(H,23,24)/t16-/m0/s1. The van der Waals surface area contributed by atoms with Gasteiger partial charge in [-0.15, -0.1) is 0 Å². The molecule has 4 nitrogen and oxygen atoms in total. The van der Waals surface area contributed by atoms with Crippen LogP contribution in [0.15, 0.2) is 79.4 Å². The molecule has 1 N–H and O–H groups in total. The summed E-state index contributed by atoms with van der Waals surface area (Å²) >= 11 is 0. The van der Waals surface area contributed by atoms with Crippen LogP contribution in [0, 0.1) is 0 Å². The number of carbonyl (C=O) groups excluding carboxylic acids is 1. The van der Waals surface area contributed by atoms with Crippen LogP contribution in [0.5, 0.6) is 11.5 Å². The van der Waals surface area contributed by atoms with Crippen molar-refractivity contribution in [1.82, 2.24) is 0 Å². The summed E-state index contributed by atoms with van der Waals surface area (Å²) < 4.78 is 11.4. The molecule has 0 aliphatic carbocycles. The van der Waals surface area contributed by atoms with Crippen molar-refractivity contribution in [1.29, 1.82) is 0 Å². The van der Waals surface area contributed by atoms with Crippen LogP contribution >= 0.6 is 0 Å². The van der Waals surface area contributed by atoms with Crippen LogP contribution in [0.2, 0.25) is 0 Å². The number of benzene rings is 3. The highest BCUT2D eigenvalue weighted by molar-refractivity contribution is 5.95. The molecule has 1 atom stereocenters. The molecule has 0 radical (unpaired) electrons. The lowest BCUT2D eigenvalue weighted by Gasteiger charge is -2.16. The minimum atomic E-state index is -0.640. The van der Waals surface area contributed by atoms with Crippen molar-refractivity contribution in [3.05, 3.63) is 79.4 Å². The number of anilines is 1. The van der Waals surface area contributed by atoms with Crippen LogP contribution in [-0.2, 0) is 4.79 Å². The van der Waals surface area contributed by atoms with Crippen LogP contribution in [0.25, 0.3) is 10.8 Å². The van der Waals surface area contributed by atoms with Crippen LogP contribution in [0.3, 0.4) is 0 Å². The highest BCUT2D eigenvalue weighted by atomic mass is 16.5. The quantitative estimate of drug-likeness (QED) is 0.624. The fourth-order valence-electron chi connectivity index (χ4n) is 2.61. The summed E-state index contributed by atoms with van der Waals surface area (Å²) in [5.74, 6) is 1.14. The predicted molar refractivity (Wildman–Crippen MR) is 105 cm³/mol. The van der Waals surface area contributed by atoms with Gasteiger partial charge < -0.3 is 14.8 Å². The number of ether oxygens (including phenoxy) is 2. The molecule has 3 aromatic carbocycles. The molecule has 0 fully saturated rings. The van der Waals surface area contributed by atoms with E-state index < -0.39 is 6.10 Å². The van der Waals surface area contributed by atoms with Crippen molar-refractivity contribution in [3.8, 4) is 11.5 Å². The van der Waals surface area contributed by atoms with Gasteiger partial charge >= 0.3 is 0 Å². The number of hydrogen-bond donors (Lipinski definition) is 1. The van der Waals surface area contributed by atoms with E-state index >= 15 is 0 Å². The average Bonchev–Trinajstić information content (AvgIpc) is 2.67. The summed E-state index contributed by atoms with van der Waals surface area (Å²) in [5.41, 5.74) is 0.657. The topological polar surface area (TPSA) is 47.6 Å². The van der Waals surface area contributed by atoms with Crippen molar-refractivity contribution in [3.63, 3.8) is 0 Å². The lowest BCUT2D eigenvalue weighted by molar-refractivity contribution is -0.122. The SMILES string of the molecule is C=CCOc1cccc(NC(=O)[C@H](C)Oc2cccc3ccccc23)c1. The van der Waals surface area contributed by atoms with Crippen LogP contribution in [-0.4, -0.2) is 18.6 Å². The minimum Gasteiger partial charge on any atom is -0.489 e. The zero-order valence-electron chi connectivity index (χ0n) is 14.6. The highest BCUT2D eigenvalue weighted by Crippen LogP contribution is 2.26. The average molecular weight is 347 g/mol. The van der Waals surface area contributed by atoms with Gasteiger partial charge in [-0.3, -0.25) is 4.79 Å². The van der Waals surface area contributed by atoms with Gasteiger partial charge in [-0.25, -0.2) is 0 Å². The molecule has 0 unspecified atom stereocenters. The fraction of sp³-hybridized carbons (Fsp3) is 0.136. The summed E-state index contributed by atoms with van der Waals surface area (Å²) in [6.07, 6.45) is 1.03. The first-order valence-electron chi connectivity index (χ1n) is 8.46. The molecule has 0 spiro atoms. The van der Waals surface area contributed by atoms with Crippen molar-refractivity contribution in [2.45, 2.75) is 13.0 Å². The molecular formula is C22H21NO3. The molecule has 0 saturated heterocycles. The lowest BCUT2D eigenvalue weighted by atomic mass is 10.1. The molecule has 26 heavy (non-hydrogen) atoms. The maximum absolute atomic E-state index is 12.5. The van der Waals surface area contributed by atoms with E-state index in [1.54, 1.807) is 19.1 Å². The minimum absolute atomic E-state index is 0.223. The number of rotatable bonds is 7. The van der Waals surface area contributed by atoms with E-state index in [1.807, 2.05) is 60.7 Å². The van der Waals surface area contributed by atoms with E-state index in [0.717, 1.165) is 10.8 Å². The normalized spacial score (nSPS) is 11.6. The predicted octanol–water partition coefficient (Wildman–Crippen LogP) is 4.81. The van der Waals surface area contributed by atoms with Crippen molar-refractivity contribution < 1.29 is 14.3 Å². The van der Waals surface area contributed by atoms with Gasteiger partial charge in [-0.1, -0.05) is 55.1 Å². The first-order chi connectivity index (χ1) is 12.7. The van der Waals surface area contributed by atoms with Crippen molar-refractivity contribution in [2.24, 2.45) is 0 Å². The van der Waals surface area contributed by atoms with E-state index in [-0.39, 0.29) is 5.91 Å². The number of fused-ring (bicyclic) bond motifs is 1. The number of amides is 1. The zero-order chi connectivity index (χ0) is 18.4. The van der Waals surface area contributed by atoms with Crippen molar-refractivity contribution >= 4 is 22.4 Å². The van der Waals surface area contributed by atoms with Gasteiger partial charge in [0.15, 0.2) is 6.10 Å². The van der Waals surface area contributed by atoms with E-state index in [4.69, 9.17) is 9.47 Å². The Labute approximate surface area is 153 Å². The lowest BCUT2D eigenvalue weighted by Crippen LogP contribution is -2.30. The molecule has 1 amide bonds. The smallest absolute Gasteiger partial charge is 0.265 e. The molecule has 3 rings (SSSR count). The summed E-state index contributed by atoms with van der Waals surface area (Å²) in [6, 6.07) is 21.0. The monoisotopic (exact) mass is 347 g/mol. The number of carbonyl (C=O) groups is 1. The molecular weight excluding hydrogens is 326 g/mol. The molecule has 0 aliphatic heterocycles. The van der Waals surface area contributed by atoms with Gasteiger partial charge in [0.2, 0.25) is 0 Å². The third-order valence-electron chi connectivity index (χ3n) is 3.89. The van der Waals surface area contributed by atoms with Gasteiger partial charge in [0.05, 0.1) is 0 Å². The molecule has 0 heterocycles. The van der Waals surface area contributed by atoms with E-state index in [2.05, 4.69) is 11.9 Å². The first-order valence-corrected chi connectivity index (χ1v) is 8.46. The van der Waals surface area contributed by atoms with Gasteiger partial charge in [0.25, 0.3) is 5.91 Å². The van der Waals surface area contributed by atoms with Crippen LogP contribution in [0.4, 0.5) is 5.69 Å². The molecule has 0 aliphatic rings. The Bertz CT molecular complexity index is 915. The Hall–Kier alpha value is -3.27. The zero-order valence-corrected chi connectivity index (χ0v) is 14.6. The van der Waals surface area contributed by atoms with Crippen LogP contribution in [0.1, 0.15) is 6.92 Å². The summed E-state index contributed by atoms with van der Waals surface area (Å²) in [6.45, 7) is 5.77. The summed E-state index contributed by atoms with van der Waals surface area (Å²) in [7, 11) is 0. The number of hydrogen-bond acceptors (Lipinski definition) is 3. The molecule has 132 valence electrons. The summed E-state index contributed by atoms with van der Waals surface area (Å²) in [5, 5.41) is 4.91. The molecule has 3 aromatic rings. The van der Waals surface area contributed by atoms with Gasteiger partial charge in [0.1, 0.15) is 18.1 Å². The van der Waals surface area contributed by atoms with E-state index in [1.165, 1.54) is 0 Å². The fourth-order valence-corrected chi connectivity index (χ4v) is 2.61. The Morgan fingerprint density at radius 3 is 2.73 bits per heavy atom. The van der Waals surface area contributed by atoms with Crippen molar-refractivity contribution in [2.75, 3.05) is 11.9 Å².